The fraction of sp³-hybridized carbons (Fsp3) is 0.174. The van der Waals surface area contributed by atoms with Crippen molar-refractivity contribution in [3.63, 3.8) is 0 Å². The summed E-state index contributed by atoms with van der Waals surface area (Å²) in [6.45, 7) is 1.15. The Kier molecular flexibility index (Phi) is 5.81. The van der Waals surface area contributed by atoms with Crippen LogP contribution < -0.4 is 9.47 Å². The Balaban J connectivity index is 1.57. The highest BCUT2D eigenvalue weighted by atomic mass is 19.3. The first-order valence-electron chi connectivity index (χ1n) is 9.66. The first-order chi connectivity index (χ1) is 15.4. The maximum absolute atomic E-state index is 14.6. The Morgan fingerprint density at radius 2 is 1.88 bits per heavy atom. The molecule has 4 rings (SSSR count). The van der Waals surface area contributed by atoms with E-state index in [4.69, 9.17) is 9.47 Å². The minimum Gasteiger partial charge on any atom is -0.496 e. The average Bonchev–Trinajstić information content (AvgIpc) is 3.18. The molecule has 0 amide bonds. The highest BCUT2D eigenvalue weighted by Crippen LogP contribution is 2.37. The molecule has 0 aliphatic carbocycles. The second-order valence-corrected chi connectivity index (χ2v) is 7.10. The van der Waals surface area contributed by atoms with Crippen molar-refractivity contribution < 1.29 is 22.6 Å². The van der Waals surface area contributed by atoms with E-state index in [9.17, 15) is 13.2 Å². The summed E-state index contributed by atoms with van der Waals surface area (Å²) in [7, 11) is 1.43. The number of benzene rings is 1. The van der Waals surface area contributed by atoms with Gasteiger partial charge in [-0.15, -0.1) is 0 Å². The summed E-state index contributed by atoms with van der Waals surface area (Å²) in [5.74, 6) is -2.92. The summed E-state index contributed by atoms with van der Waals surface area (Å²) in [4.78, 5) is 8.10. The van der Waals surface area contributed by atoms with Crippen LogP contribution in [0.1, 0.15) is 11.3 Å². The molecule has 32 heavy (non-hydrogen) atoms. The predicted octanol–water partition coefficient (Wildman–Crippen LogP) is 5.38. The smallest absolute Gasteiger partial charge is 0.308 e. The van der Waals surface area contributed by atoms with E-state index in [1.807, 2.05) is 0 Å². The van der Waals surface area contributed by atoms with Crippen molar-refractivity contribution in [3.05, 3.63) is 84.3 Å². The van der Waals surface area contributed by atoms with E-state index in [0.717, 1.165) is 5.56 Å². The van der Waals surface area contributed by atoms with Gasteiger partial charge in [-0.25, -0.2) is 9.37 Å². The zero-order valence-electron chi connectivity index (χ0n) is 17.3. The van der Waals surface area contributed by atoms with Crippen molar-refractivity contribution in [2.45, 2.75) is 19.4 Å². The summed E-state index contributed by atoms with van der Waals surface area (Å²) in [5, 5.41) is 3.90. The van der Waals surface area contributed by atoms with Crippen LogP contribution in [-0.2, 0) is 12.5 Å². The summed E-state index contributed by atoms with van der Waals surface area (Å²) in [6.07, 6.45) is 5.79. The maximum Gasteiger partial charge on any atom is 0.308 e. The van der Waals surface area contributed by atoms with Crippen LogP contribution in [0.2, 0.25) is 0 Å². The van der Waals surface area contributed by atoms with Crippen LogP contribution in [0.15, 0.2) is 67.3 Å². The molecule has 0 atom stereocenters. The van der Waals surface area contributed by atoms with Crippen molar-refractivity contribution >= 4 is 0 Å². The highest BCUT2D eigenvalue weighted by Gasteiger charge is 2.34. The lowest BCUT2D eigenvalue weighted by Gasteiger charge is -2.16. The number of methoxy groups -OCH3 is 1. The molecule has 0 fully saturated rings. The molecule has 0 bridgehead atoms. The van der Waals surface area contributed by atoms with E-state index >= 15 is 0 Å². The fourth-order valence-corrected chi connectivity index (χ4v) is 3.17. The van der Waals surface area contributed by atoms with Gasteiger partial charge in [0.15, 0.2) is 0 Å². The molecule has 1 aromatic carbocycles. The molecular formula is C23H19F3N4O2. The second-order valence-electron chi connectivity index (χ2n) is 7.10. The van der Waals surface area contributed by atoms with Crippen molar-refractivity contribution in [3.8, 4) is 28.5 Å². The zero-order chi connectivity index (χ0) is 22.7. The van der Waals surface area contributed by atoms with E-state index in [1.54, 1.807) is 25.1 Å². The molecule has 3 heterocycles. The van der Waals surface area contributed by atoms with Crippen molar-refractivity contribution in [1.82, 2.24) is 19.7 Å². The van der Waals surface area contributed by atoms with Gasteiger partial charge in [-0.1, -0.05) is 0 Å². The average molecular weight is 440 g/mol. The van der Waals surface area contributed by atoms with Crippen molar-refractivity contribution in [1.29, 1.82) is 0 Å². The Labute approximate surface area is 182 Å². The molecule has 9 heteroatoms. The quantitative estimate of drug-likeness (QED) is 0.386. The number of hydrogen-bond donors (Lipinski definition) is 0. The van der Waals surface area contributed by atoms with E-state index in [1.165, 1.54) is 60.8 Å². The standard InChI is InChI=1S/C23H19F3N4O2/c1-15-11-29-30(13-15)14-23(25,26)21-8-6-17(12-28-21)32-22-19(4-3-9-27-22)18-7-5-16(24)10-20(18)31-2/h3-13H,14H2,1-2H3. The molecule has 3 aromatic heterocycles. The summed E-state index contributed by atoms with van der Waals surface area (Å²) < 4.78 is 55.0. The second kappa shape index (κ2) is 8.70. The number of alkyl halides is 2. The minimum atomic E-state index is -3.21. The molecule has 0 radical (unpaired) electrons. The number of halogens is 3. The number of aromatic nitrogens is 4. The molecule has 164 valence electrons. The van der Waals surface area contributed by atoms with Gasteiger partial charge in [0.05, 0.1) is 19.5 Å². The van der Waals surface area contributed by atoms with E-state index < -0.39 is 24.0 Å². The van der Waals surface area contributed by atoms with Crippen LogP contribution in [-0.4, -0.2) is 26.9 Å². The van der Waals surface area contributed by atoms with Gasteiger partial charge in [0.25, 0.3) is 0 Å². The van der Waals surface area contributed by atoms with Crippen LogP contribution in [0.4, 0.5) is 13.2 Å². The fourth-order valence-electron chi connectivity index (χ4n) is 3.17. The Bertz CT molecular complexity index is 1230. The van der Waals surface area contributed by atoms with Crippen LogP contribution in [0, 0.1) is 12.7 Å². The Hall–Kier alpha value is -3.88. The summed E-state index contributed by atoms with van der Waals surface area (Å²) in [5.41, 5.74) is 1.51. The first-order valence-corrected chi connectivity index (χ1v) is 9.66. The van der Waals surface area contributed by atoms with Crippen molar-refractivity contribution in [2.75, 3.05) is 7.11 Å². The number of nitrogens with zero attached hydrogens (tertiary/aromatic N) is 4. The molecule has 0 saturated heterocycles. The lowest BCUT2D eigenvalue weighted by Crippen LogP contribution is -2.23. The van der Waals surface area contributed by atoms with E-state index in [0.29, 0.717) is 16.9 Å². The summed E-state index contributed by atoms with van der Waals surface area (Å²) in [6, 6.07) is 10.1. The van der Waals surface area contributed by atoms with Crippen LogP contribution in [0.5, 0.6) is 17.4 Å². The molecule has 0 spiro atoms. The predicted molar refractivity (Wildman–Crippen MR) is 111 cm³/mol. The third kappa shape index (κ3) is 4.56. The van der Waals surface area contributed by atoms with Gasteiger partial charge >= 0.3 is 5.92 Å². The minimum absolute atomic E-state index is 0.200. The van der Waals surface area contributed by atoms with Gasteiger partial charge in [-0.2, -0.15) is 13.9 Å². The van der Waals surface area contributed by atoms with Gasteiger partial charge in [-0.05, 0) is 48.9 Å². The van der Waals surface area contributed by atoms with Crippen LogP contribution in [0.25, 0.3) is 11.1 Å². The SMILES string of the molecule is COc1cc(F)ccc1-c1cccnc1Oc1ccc(C(F)(F)Cn2cc(C)cn2)nc1. The van der Waals surface area contributed by atoms with Gasteiger partial charge < -0.3 is 9.47 Å². The molecular weight excluding hydrogens is 421 g/mol. The Morgan fingerprint density at radius 3 is 2.56 bits per heavy atom. The lowest BCUT2D eigenvalue weighted by atomic mass is 10.1. The number of ether oxygens (including phenoxy) is 2. The number of pyridine rings is 2. The number of aryl methyl sites for hydroxylation is 1. The third-order valence-corrected chi connectivity index (χ3v) is 4.67. The molecule has 0 aliphatic heterocycles. The topological polar surface area (TPSA) is 62.1 Å². The van der Waals surface area contributed by atoms with Crippen LogP contribution in [0.3, 0.4) is 0 Å². The van der Waals surface area contributed by atoms with E-state index in [-0.39, 0.29) is 11.6 Å². The largest absolute Gasteiger partial charge is 0.496 e. The molecule has 4 aromatic rings. The molecule has 0 saturated carbocycles. The van der Waals surface area contributed by atoms with Gasteiger partial charge in [0.1, 0.15) is 29.6 Å². The monoisotopic (exact) mass is 440 g/mol. The molecule has 6 nitrogen and oxygen atoms in total. The highest BCUT2D eigenvalue weighted by molar-refractivity contribution is 5.74. The number of hydrogen-bond acceptors (Lipinski definition) is 5. The zero-order valence-corrected chi connectivity index (χ0v) is 17.3. The van der Waals surface area contributed by atoms with E-state index in [2.05, 4.69) is 15.1 Å². The maximum atomic E-state index is 14.6. The van der Waals surface area contributed by atoms with Gasteiger partial charge in [0.2, 0.25) is 5.88 Å². The number of rotatable bonds is 7. The molecule has 0 unspecified atom stereocenters. The van der Waals surface area contributed by atoms with Crippen LogP contribution >= 0.6 is 0 Å². The summed E-state index contributed by atoms with van der Waals surface area (Å²) >= 11 is 0. The van der Waals surface area contributed by atoms with Crippen molar-refractivity contribution in [2.24, 2.45) is 0 Å². The first kappa shape index (κ1) is 21.4. The normalized spacial score (nSPS) is 11.4. The van der Waals surface area contributed by atoms with Gasteiger partial charge in [-0.3, -0.25) is 9.67 Å². The van der Waals surface area contributed by atoms with Gasteiger partial charge in [0, 0.05) is 29.6 Å². The lowest BCUT2D eigenvalue weighted by molar-refractivity contribution is -0.0297. The Morgan fingerprint density at radius 1 is 1.03 bits per heavy atom. The third-order valence-electron chi connectivity index (χ3n) is 4.67. The molecule has 0 aliphatic rings. The molecule has 0 N–H and O–H groups in total.